The van der Waals surface area contributed by atoms with E-state index in [2.05, 4.69) is 25.7 Å². The van der Waals surface area contributed by atoms with Crippen molar-refractivity contribution in [3.63, 3.8) is 0 Å². The van der Waals surface area contributed by atoms with Gasteiger partial charge in [-0.05, 0) is 22.0 Å². The van der Waals surface area contributed by atoms with Gasteiger partial charge in [-0.1, -0.05) is 0 Å². The van der Waals surface area contributed by atoms with Gasteiger partial charge in [-0.3, -0.25) is 0 Å². The van der Waals surface area contributed by atoms with E-state index in [1.807, 2.05) is 0 Å². The van der Waals surface area contributed by atoms with E-state index in [1.54, 1.807) is 6.07 Å². The maximum atomic E-state index is 12.0. The lowest BCUT2D eigenvalue weighted by molar-refractivity contribution is -0.276. The summed E-state index contributed by atoms with van der Waals surface area (Å²) in [6.07, 6.45) is -4.84. The molecule has 0 radical (unpaired) electrons. The van der Waals surface area contributed by atoms with Gasteiger partial charge in [0.05, 0.1) is 15.7 Å². The molecule has 16 heavy (non-hydrogen) atoms. The van der Waals surface area contributed by atoms with E-state index in [0.29, 0.717) is 0 Å². The Kier molecular flexibility index (Phi) is 3.72. The Bertz CT molecular complexity index is 441. The summed E-state index contributed by atoms with van der Waals surface area (Å²) in [5, 5.41) is 8.67. The van der Waals surface area contributed by atoms with Crippen LogP contribution in [0.3, 0.4) is 0 Å². The van der Waals surface area contributed by atoms with Gasteiger partial charge in [-0.15, -0.1) is 13.2 Å². The van der Waals surface area contributed by atoms with Gasteiger partial charge in [0.15, 0.2) is 0 Å². The maximum Gasteiger partial charge on any atom is 0.574 e. The minimum atomic E-state index is -4.84. The highest BCUT2D eigenvalue weighted by Gasteiger charge is 2.33. The number of alkyl halides is 3. The second-order valence-corrected chi connectivity index (χ2v) is 3.49. The molecule has 0 aliphatic carbocycles. The quantitative estimate of drug-likeness (QED) is 0.907. The van der Waals surface area contributed by atoms with Crippen LogP contribution in [-0.4, -0.2) is 11.3 Å². The van der Waals surface area contributed by atoms with Crippen LogP contribution in [0.15, 0.2) is 10.5 Å². The summed E-state index contributed by atoms with van der Waals surface area (Å²) >= 11 is 2.82. The zero-order chi connectivity index (χ0) is 12.3. The molecule has 8 heteroatoms. The van der Waals surface area contributed by atoms with E-state index in [4.69, 9.17) is 11.0 Å². The lowest BCUT2D eigenvalue weighted by atomic mass is 10.2. The molecule has 0 saturated carbocycles. The molecule has 0 fully saturated rings. The number of halogens is 4. The number of rotatable bonds is 2. The summed E-state index contributed by atoms with van der Waals surface area (Å²) in [5.41, 5.74) is 5.39. The third kappa shape index (κ3) is 3.08. The third-order valence-electron chi connectivity index (χ3n) is 1.55. The first-order chi connectivity index (χ1) is 7.37. The predicted molar refractivity (Wildman–Crippen MR) is 51.2 cm³/mol. The van der Waals surface area contributed by atoms with Crippen LogP contribution in [0.2, 0.25) is 0 Å². The maximum absolute atomic E-state index is 12.0. The zero-order valence-electron chi connectivity index (χ0n) is 7.68. The van der Waals surface area contributed by atoms with Gasteiger partial charge in [0, 0.05) is 6.54 Å². The van der Waals surface area contributed by atoms with Gasteiger partial charge in [-0.2, -0.15) is 5.26 Å². The monoisotopic (exact) mass is 295 g/mol. The summed E-state index contributed by atoms with van der Waals surface area (Å²) in [5.74, 6) is -0.660. The van der Waals surface area contributed by atoms with Gasteiger partial charge in [0.25, 0.3) is 0 Å². The van der Waals surface area contributed by atoms with E-state index < -0.39 is 12.2 Å². The second kappa shape index (κ2) is 4.67. The van der Waals surface area contributed by atoms with Crippen LogP contribution in [0.1, 0.15) is 11.3 Å². The number of aromatic nitrogens is 1. The largest absolute Gasteiger partial charge is 0.574 e. The number of nitriles is 1. The number of nitrogens with two attached hydrogens (primary N) is 1. The lowest BCUT2D eigenvalue weighted by Gasteiger charge is -2.11. The van der Waals surface area contributed by atoms with Gasteiger partial charge >= 0.3 is 6.36 Å². The van der Waals surface area contributed by atoms with Crippen LogP contribution in [0.25, 0.3) is 0 Å². The average Bonchev–Trinajstić information content (AvgIpc) is 2.18. The topological polar surface area (TPSA) is 71.9 Å². The molecular formula is C8H5BrF3N3O. The molecule has 0 unspecified atom stereocenters. The number of hydrogen-bond acceptors (Lipinski definition) is 4. The average molecular weight is 296 g/mol. The molecule has 0 aromatic carbocycles. The molecule has 1 aromatic heterocycles. The fourth-order valence-corrected chi connectivity index (χ4v) is 1.34. The van der Waals surface area contributed by atoms with E-state index in [9.17, 15) is 13.2 Å². The van der Waals surface area contributed by atoms with Crippen molar-refractivity contribution in [2.45, 2.75) is 12.9 Å². The number of hydrogen-bond donors (Lipinski definition) is 1. The molecule has 2 N–H and O–H groups in total. The van der Waals surface area contributed by atoms with E-state index >= 15 is 0 Å². The number of ether oxygens (including phenoxy) is 1. The summed E-state index contributed by atoms with van der Waals surface area (Å²) in [7, 11) is 0. The molecule has 0 bridgehead atoms. The minimum absolute atomic E-state index is 0.0463. The molecule has 0 aliphatic heterocycles. The summed E-state index contributed by atoms with van der Waals surface area (Å²) in [4.78, 5) is 3.51. The Hall–Kier alpha value is -1.33. The molecule has 0 atom stereocenters. The molecule has 0 amide bonds. The molecular weight excluding hydrogens is 291 g/mol. The molecule has 4 nitrogen and oxygen atoms in total. The van der Waals surface area contributed by atoms with Crippen LogP contribution < -0.4 is 10.5 Å². The van der Waals surface area contributed by atoms with Crippen molar-refractivity contribution in [3.05, 3.63) is 21.8 Å². The lowest BCUT2D eigenvalue weighted by Crippen LogP contribution is -2.19. The molecule has 86 valence electrons. The fourth-order valence-electron chi connectivity index (χ4n) is 0.942. The van der Waals surface area contributed by atoms with E-state index in [-0.39, 0.29) is 22.3 Å². The second-order valence-electron chi connectivity index (χ2n) is 2.63. The summed E-state index contributed by atoms with van der Waals surface area (Å²) in [6, 6.07) is 2.94. The Morgan fingerprint density at radius 1 is 1.56 bits per heavy atom. The van der Waals surface area contributed by atoms with Crippen LogP contribution in [0.5, 0.6) is 5.88 Å². The van der Waals surface area contributed by atoms with Crippen molar-refractivity contribution in [3.8, 4) is 11.9 Å². The molecule has 0 saturated heterocycles. The first-order valence-corrected chi connectivity index (χ1v) is 4.72. The zero-order valence-corrected chi connectivity index (χ0v) is 9.26. The molecule has 1 heterocycles. The Morgan fingerprint density at radius 2 is 2.19 bits per heavy atom. The van der Waals surface area contributed by atoms with Gasteiger partial charge in [0.2, 0.25) is 5.88 Å². The van der Waals surface area contributed by atoms with E-state index in [0.717, 1.165) is 0 Å². The molecule has 1 aromatic rings. The van der Waals surface area contributed by atoms with Gasteiger partial charge in [-0.25, -0.2) is 4.98 Å². The Labute approximate surface area is 97.0 Å². The normalized spacial score (nSPS) is 11.0. The highest BCUT2D eigenvalue weighted by Crippen LogP contribution is 2.29. The van der Waals surface area contributed by atoms with Gasteiger partial charge < -0.3 is 10.5 Å². The van der Waals surface area contributed by atoms with Gasteiger partial charge in [0.1, 0.15) is 6.07 Å². The SMILES string of the molecule is N#Cc1cc(Br)c(OC(F)(F)F)nc1CN. The van der Waals surface area contributed by atoms with Crippen LogP contribution in [0, 0.1) is 11.3 Å². The van der Waals surface area contributed by atoms with Crippen molar-refractivity contribution >= 4 is 15.9 Å². The van der Waals surface area contributed by atoms with Crippen molar-refractivity contribution < 1.29 is 17.9 Å². The molecule has 0 aliphatic rings. The molecule has 1 rings (SSSR count). The number of nitrogens with zero attached hydrogens (tertiary/aromatic N) is 2. The van der Waals surface area contributed by atoms with Crippen LogP contribution in [-0.2, 0) is 6.54 Å². The standard InChI is InChI=1S/C8H5BrF3N3O/c9-5-1-4(2-13)6(3-14)15-7(5)16-8(10,11)12/h1H,3,14H2. The van der Waals surface area contributed by atoms with Crippen molar-refractivity contribution in [1.82, 2.24) is 4.98 Å². The Morgan fingerprint density at radius 3 is 2.62 bits per heavy atom. The van der Waals surface area contributed by atoms with Crippen molar-refractivity contribution in [1.29, 1.82) is 5.26 Å². The summed E-state index contributed by atoms with van der Waals surface area (Å²) in [6.45, 7) is -0.148. The van der Waals surface area contributed by atoms with Crippen molar-refractivity contribution in [2.24, 2.45) is 5.73 Å². The molecule has 0 spiro atoms. The predicted octanol–water partition coefficient (Wildman–Crippen LogP) is 2.07. The summed E-state index contributed by atoms with van der Waals surface area (Å²) < 4.78 is 39.5. The van der Waals surface area contributed by atoms with Crippen LogP contribution >= 0.6 is 15.9 Å². The fraction of sp³-hybridized carbons (Fsp3) is 0.250. The van der Waals surface area contributed by atoms with Crippen LogP contribution in [0.4, 0.5) is 13.2 Å². The number of pyridine rings is 1. The first kappa shape index (κ1) is 12.7. The highest BCUT2D eigenvalue weighted by atomic mass is 79.9. The van der Waals surface area contributed by atoms with E-state index in [1.165, 1.54) is 6.07 Å². The third-order valence-corrected chi connectivity index (χ3v) is 2.12. The van der Waals surface area contributed by atoms with Crippen molar-refractivity contribution in [2.75, 3.05) is 0 Å². The first-order valence-electron chi connectivity index (χ1n) is 3.92. The Balaban J connectivity index is 3.18. The minimum Gasteiger partial charge on any atom is -0.387 e. The smallest absolute Gasteiger partial charge is 0.387 e. The highest BCUT2D eigenvalue weighted by molar-refractivity contribution is 9.10.